The Labute approximate surface area is 149 Å². The lowest BCUT2D eigenvalue weighted by molar-refractivity contribution is 0.617. The van der Waals surface area contributed by atoms with Gasteiger partial charge in [-0.3, -0.25) is 4.90 Å². The van der Waals surface area contributed by atoms with E-state index in [1.54, 1.807) is 18.5 Å². The van der Waals surface area contributed by atoms with Crippen LogP contribution in [0.1, 0.15) is 12.5 Å². The number of halogens is 1. The maximum atomic E-state index is 13.7. The number of rotatable bonds is 1. The molecule has 3 heterocycles. The minimum Gasteiger partial charge on any atom is -0.454 e. The van der Waals surface area contributed by atoms with E-state index in [4.69, 9.17) is 4.42 Å². The fourth-order valence-corrected chi connectivity index (χ4v) is 3.76. The van der Waals surface area contributed by atoms with Crippen LogP contribution >= 0.6 is 0 Å². The van der Waals surface area contributed by atoms with Crippen LogP contribution in [0.3, 0.4) is 0 Å². The van der Waals surface area contributed by atoms with Crippen LogP contribution in [0.15, 0.2) is 47.1 Å². The first-order valence-electron chi connectivity index (χ1n) is 8.50. The van der Waals surface area contributed by atoms with Crippen molar-refractivity contribution < 1.29 is 8.81 Å². The van der Waals surface area contributed by atoms with Crippen molar-refractivity contribution in [2.45, 2.75) is 20.0 Å². The van der Waals surface area contributed by atoms with Gasteiger partial charge in [-0.05, 0) is 31.5 Å². The zero-order valence-corrected chi connectivity index (χ0v) is 14.7. The summed E-state index contributed by atoms with van der Waals surface area (Å²) in [6, 6.07) is 8.76. The van der Waals surface area contributed by atoms with Gasteiger partial charge in [0, 0.05) is 36.3 Å². The number of fused-ring (bicyclic) bond motifs is 4. The molecule has 26 heavy (non-hydrogen) atoms. The normalized spacial score (nSPS) is 16.7. The molecule has 5 nitrogen and oxygen atoms in total. The molecule has 0 bridgehead atoms. The third-order valence-corrected chi connectivity index (χ3v) is 5.18. The summed E-state index contributed by atoms with van der Waals surface area (Å²) < 4.78 is 19.8. The molecule has 6 heteroatoms. The van der Waals surface area contributed by atoms with Crippen LogP contribution in [0.25, 0.3) is 21.9 Å². The Hall–Kier alpha value is -3.15. The number of hydrogen-bond acceptors (Lipinski definition) is 5. The van der Waals surface area contributed by atoms with Crippen molar-refractivity contribution in [3.8, 4) is 0 Å². The average Bonchev–Trinajstić information content (AvgIpc) is 3.11. The largest absolute Gasteiger partial charge is 0.454 e. The Kier molecular flexibility index (Phi) is 3.01. The lowest BCUT2D eigenvalue weighted by Gasteiger charge is -2.27. The molecule has 1 aliphatic heterocycles. The second-order valence-corrected chi connectivity index (χ2v) is 6.67. The van der Waals surface area contributed by atoms with E-state index in [9.17, 15) is 4.39 Å². The predicted octanol–water partition coefficient (Wildman–Crippen LogP) is 4.76. The first kappa shape index (κ1) is 15.1. The molecule has 2 aromatic heterocycles. The van der Waals surface area contributed by atoms with Crippen LogP contribution in [-0.4, -0.2) is 23.2 Å². The Bertz CT molecular complexity index is 1170. The topological polar surface area (TPSA) is 45.4 Å². The van der Waals surface area contributed by atoms with Gasteiger partial charge in [0.05, 0.1) is 5.69 Å². The molecule has 0 radical (unpaired) electrons. The fourth-order valence-electron chi connectivity index (χ4n) is 3.76. The summed E-state index contributed by atoms with van der Waals surface area (Å²) in [5.41, 5.74) is 3.30. The second-order valence-electron chi connectivity index (χ2n) is 6.67. The number of aromatic nitrogens is 2. The minimum atomic E-state index is -0.305. The Morgan fingerprint density at radius 3 is 2.58 bits per heavy atom. The van der Waals surface area contributed by atoms with Crippen LogP contribution in [0, 0.1) is 12.7 Å². The van der Waals surface area contributed by atoms with Crippen molar-refractivity contribution in [3.63, 3.8) is 0 Å². The van der Waals surface area contributed by atoms with E-state index in [-0.39, 0.29) is 12.0 Å². The predicted molar refractivity (Wildman–Crippen MR) is 100 cm³/mol. The van der Waals surface area contributed by atoms with Crippen molar-refractivity contribution in [2.75, 3.05) is 16.8 Å². The van der Waals surface area contributed by atoms with Gasteiger partial charge in [0.2, 0.25) is 0 Å². The summed E-state index contributed by atoms with van der Waals surface area (Å²) in [7, 11) is 2.00. The number of aryl methyl sites for hydroxylation is 1. The molecule has 0 spiro atoms. The maximum Gasteiger partial charge on any atom is 0.178 e. The van der Waals surface area contributed by atoms with Gasteiger partial charge in [0.15, 0.2) is 17.2 Å². The molecule has 5 rings (SSSR count). The Balaban J connectivity index is 1.84. The summed E-state index contributed by atoms with van der Waals surface area (Å²) in [5, 5.41) is 1.87. The summed E-state index contributed by atoms with van der Waals surface area (Å²) in [6.45, 7) is 4.15. The molecule has 0 saturated heterocycles. The van der Waals surface area contributed by atoms with Crippen molar-refractivity contribution >= 4 is 39.3 Å². The highest BCUT2D eigenvalue weighted by Crippen LogP contribution is 2.46. The van der Waals surface area contributed by atoms with Crippen molar-refractivity contribution in [2.24, 2.45) is 0 Å². The molecular weight excluding hydrogens is 331 g/mol. The van der Waals surface area contributed by atoms with E-state index in [0.29, 0.717) is 5.58 Å². The molecule has 2 aromatic carbocycles. The molecule has 0 aliphatic carbocycles. The number of nitrogens with zero attached hydrogens (tertiary/aromatic N) is 4. The van der Waals surface area contributed by atoms with E-state index in [1.807, 2.05) is 20.0 Å². The molecule has 130 valence electrons. The van der Waals surface area contributed by atoms with Crippen LogP contribution in [0.5, 0.6) is 0 Å². The Morgan fingerprint density at radius 2 is 1.77 bits per heavy atom. The van der Waals surface area contributed by atoms with Crippen LogP contribution in [0.2, 0.25) is 0 Å². The van der Waals surface area contributed by atoms with E-state index in [0.717, 1.165) is 39.2 Å². The molecule has 0 N–H and O–H groups in total. The van der Waals surface area contributed by atoms with E-state index >= 15 is 0 Å². The maximum absolute atomic E-state index is 13.7. The zero-order valence-electron chi connectivity index (χ0n) is 14.7. The Morgan fingerprint density at radius 1 is 1.04 bits per heavy atom. The SMILES string of the molecule is Cc1ccc2c(oc3cc(F)ccc32)c1N1c2nccnc2N(C)C1C. The minimum absolute atomic E-state index is 0.0293. The van der Waals surface area contributed by atoms with Gasteiger partial charge in [-0.2, -0.15) is 0 Å². The highest BCUT2D eigenvalue weighted by Gasteiger charge is 2.36. The van der Waals surface area contributed by atoms with Gasteiger partial charge in [0.25, 0.3) is 0 Å². The number of hydrogen-bond donors (Lipinski definition) is 0. The first-order valence-corrected chi connectivity index (χ1v) is 8.50. The number of benzene rings is 2. The molecule has 0 fully saturated rings. The molecule has 1 aliphatic rings. The van der Waals surface area contributed by atoms with Gasteiger partial charge < -0.3 is 9.32 Å². The van der Waals surface area contributed by atoms with Crippen molar-refractivity contribution in [1.82, 2.24) is 9.97 Å². The number of anilines is 3. The molecule has 0 amide bonds. The quantitative estimate of drug-likeness (QED) is 0.496. The molecule has 1 atom stereocenters. The van der Waals surface area contributed by atoms with E-state index < -0.39 is 0 Å². The van der Waals surface area contributed by atoms with Crippen LogP contribution in [0.4, 0.5) is 21.7 Å². The fraction of sp³-hybridized carbons (Fsp3) is 0.200. The van der Waals surface area contributed by atoms with Gasteiger partial charge in [-0.1, -0.05) is 12.1 Å². The average molecular weight is 348 g/mol. The molecule has 1 unspecified atom stereocenters. The van der Waals surface area contributed by atoms with Gasteiger partial charge in [-0.15, -0.1) is 0 Å². The van der Waals surface area contributed by atoms with Crippen molar-refractivity contribution in [1.29, 1.82) is 0 Å². The third kappa shape index (κ3) is 1.89. The molecule has 0 saturated carbocycles. The van der Waals surface area contributed by atoms with Crippen LogP contribution < -0.4 is 9.80 Å². The lowest BCUT2D eigenvalue weighted by Crippen LogP contribution is -2.36. The number of furan rings is 1. The van der Waals surface area contributed by atoms with Gasteiger partial charge in [0.1, 0.15) is 17.6 Å². The summed E-state index contributed by atoms with van der Waals surface area (Å²) in [6.07, 6.45) is 3.42. The first-order chi connectivity index (χ1) is 12.6. The standard InChI is InChI=1S/C20H17FN4O/c1-11-4-6-15-14-7-5-13(21)10-16(14)26-18(15)17(11)25-12(2)24(3)19-20(25)23-9-8-22-19/h4-10,12H,1-3H3. The summed E-state index contributed by atoms with van der Waals surface area (Å²) in [4.78, 5) is 13.2. The lowest BCUT2D eigenvalue weighted by atomic mass is 10.1. The van der Waals surface area contributed by atoms with Crippen molar-refractivity contribution in [3.05, 3.63) is 54.1 Å². The summed E-state index contributed by atoms with van der Waals surface area (Å²) >= 11 is 0. The highest BCUT2D eigenvalue weighted by molar-refractivity contribution is 6.10. The second kappa shape index (κ2) is 5.17. The van der Waals surface area contributed by atoms with Gasteiger partial charge in [-0.25, -0.2) is 14.4 Å². The molecular formula is C20H17FN4O. The highest BCUT2D eigenvalue weighted by atomic mass is 19.1. The monoisotopic (exact) mass is 348 g/mol. The molecule has 4 aromatic rings. The zero-order chi connectivity index (χ0) is 18.0. The van der Waals surface area contributed by atoms with Crippen LogP contribution in [-0.2, 0) is 0 Å². The third-order valence-electron chi connectivity index (χ3n) is 5.18. The van der Waals surface area contributed by atoms with Gasteiger partial charge >= 0.3 is 0 Å². The van der Waals surface area contributed by atoms with E-state index in [2.05, 4.69) is 32.8 Å². The van der Waals surface area contributed by atoms with E-state index in [1.165, 1.54) is 12.1 Å². The smallest absolute Gasteiger partial charge is 0.178 e. The summed E-state index contributed by atoms with van der Waals surface area (Å²) in [5.74, 6) is 1.32.